The Morgan fingerprint density at radius 2 is 1.50 bits per heavy atom. The first-order chi connectivity index (χ1) is 8.60. The normalized spacial score (nSPS) is 10.2. The van der Waals surface area contributed by atoms with Gasteiger partial charge in [0.2, 0.25) is 0 Å². The van der Waals surface area contributed by atoms with Crippen molar-refractivity contribution in [3.05, 3.63) is 57.0 Å². The molecule has 0 aromatic heterocycles. The van der Waals surface area contributed by atoms with E-state index in [0.29, 0.717) is 38.4 Å². The molecule has 0 unspecified atom stereocenters. The topological polar surface area (TPSA) is 26.3 Å². The molecule has 5 heteroatoms. The molecule has 0 saturated heterocycles. The van der Waals surface area contributed by atoms with Gasteiger partial charge in [0.15, 0.2) is 0 Å². The lowest BCUT2D eigenvalue weighted by molar-refractivity contribution is 0.112. The number of hydrogen-bond acceptors (Lipinski definition) is 2. The summed E-state index contributed by atoms with van der Waals surface area (Å²) in [6.45, 7) is 0. The van der Waals surface area contributed by atoms with Crippen molar-refractivity contribution in [3.63, 3.8) is 0 Å². The minimum atomic E-state index is 0.339. The fourth-order valence-electron chi connectivity index (χ4n) is 1.35. The first-order valence-electron chi connectivity index (χ1n) is 4.98. The van der Waals surface area contributed by atoms with Gasteiger partial charge in [-0.3, -0.25) is 4.79 Å². The van der Waals surface area contributed by atoms with Gasteiger partial charge in [0.1, 0.15) is 17.8 Å². The van der Waals surface area contributed by atoms with Crippen molar-refractivity contribution in [2.75, 3.05) is 0 Å². The van der Waals surface area contributed by atoms with E-state index in [-0.39, 0.29) is 0 Å². The zero-order chi connectivity index (χ0) is 13.1. The first-order valence-corrected chi connectivity index (χ1v) is 6.11. The molecular weight excluding hydrogens is 294 g/mol. The molecule has 0 spiro atoms. The van der Waals surface area contributed by atoms with E-state index in [1.54, 1.807) is 30.3 Å². The molecule has 0 heterocycles. The van der Waals surface area contributed by atoms with Crippen LogP contribution in [0.1, 0.15) is 10.4 Å². The lowest BCUT2D eigenvalue weighted by Gasteiger charge is -2.09. The highest BCUT2D eigenvalue weighted by Gasteiger charge is 2.07. The Morgan fingerprint density at radius 3 is 2.06 bits per heavy atom. The van der Waals surface area contributed by atoms with Crippen LogP contribution in [0.2, 0.25) is 15.1 Å². The van der Waals surface area contributed by atoms with Gasteiger partial charge in [-0.05, 0) is 36.4 Å². The van der Waals surface area contributed by atoms with Crippen LogP contribution in [0.4, 0.5) is 0 Å². The Labute approximate surface area is 119 Å². The third kappa shape index (κ3) is 2.96. The summed E-state index contributed by atoms with van der Waals surface area (Å²) in [5.41, 5.74) is 0.481. The van der Waals surface area contributed by atoms with Gasteiger partial charge in [0.05, 0.1) is 10.0 Å². The molecule has 92 valence electrons. The third-order valence-electron chi connectivity index (χ3n) is 2.21. The van der Waals surface area contributed by atoms with E-state index in [2.05, 4.69) is 0 Å². The summed E-state index contributed by atoms with van der Waals surface area (Å²) in [4.78, 5) is 10.6. The van der Waals surface area contributed by atoms with Crippen molar-refractivity contribution in [2.24, 2.45) is 0 Å². The fourth-order valence-corrected chi connectivity index (χ4v) is 2.02. The Kier molecular flexibility index (Phi) is 4.12. The highest BCUT2D eigenvalue weighted by Crippen LogP contribution is 2.35. The molecule has 0 amide bonds. The van der Waals surface area contributed by atoms with Crippen LogP contribution in [-0.2, 0) is 0 Å². The summed E-state index contributed by atoms with van der Waals surface area (Å²) in [6.07, 6.45) is 0.713. The van der Waals surface area contributed by atoms with Gasteiger partial charge >= 0.3 is 0 Å². The lowest BCUT2D eigenvalue weighted by Crippen LogP contribution is -1.88. The van der Waals surface area contributed by atoms with E-state index in [0.717, 1.165) is 0 Å². The largest absolute Gasteiger partial charge is 0.454 e. The van der Waals surface area contributed by atoms with Gasteiger partial charge in [0.25, 0.3) is 0 Å². The van der Waals surface area contributed by atoms with Gasteiger partial charge in [-0.1, -0.05) is 34.8 Å². The summed E-state index contributed by atoms with van der Waals surface area (Å²) in [7, 11) is 0. The molecule has 0 aliphatic rings. The number of halogens is 3. The van der Waals surface area contributed by atoms with E-state index in [4.69, 9.17) is 39.5 Å². The molecule has 0 saturated carbocycles. The molecule has 0 atom stereocenters. The summed E-state index contributed by atoms with van der Waals surface area (Å²) in [6, 6.07) is 9.62. The second-order valence-corrected chi connectivity index (χ2v) is 4.74. The van der Waals surface area contributed by atoms with Gasteiger partial charge in [-0.25, -0.2) is 0 Å². The molecule has 0 aliphatic carbocycles. The average Bonchev–Trinajstić information content (AvgIpc) is 2.34. The van der Waals surface area contributed by atoms with Crippen LogP contribution in [0, 0.1) is 0 Å². The van der Waals surface area contributed by atoms with Crippen LogP contribution in [0.5, 0.6) is 11.5 Å². The van der Waals surface area contributed by atoms with E-state index in [1.165, 1.54) is 6.07 Å². The predicted molar refractivity (Wildman–Crippen MR) is 73.4 cm³/mol. The molecule has 0 fully saturated rings. The lowest BCUT2D eigenvalue weighted by atomic mass is 10.2. The fraction of sp³-hybridized carbons (Fsp3) is 0. The molecule has 2 nitrogen and oxygen atoms in total. The van der Waals surface area contributed by atoms with Gasteiger partial charge in [0, 0.05) is 10.6 Å². The van der Waals surface area contributed by atoms with Crippen molar-refractivity contribution in [1.29, 1.82) is 0 Å². The zero-order valence-electron chi connectivity index (χ0n) is 8.99. The maximum Gasteiger partial charge on any atom is 0.150 e. The zero-order valence-corrected chi connectivity index (χ0v) is 11.3. The number of rotatable bonds is 3. The van der Waals surface area contributed by atoms with Crippen molar-refractivity contribution in [2.45, 2.75) is 0 Å². The Balaban J connectivity index is 2.31. The number of ether oxygens (including phenoxy) is 1. The van der Waals surface area contributed by atoms with Crippen LogP contribution in [0.3, 0.4) is 0 Å². The molecule has 2 aromatic rings. The number of hydrogen-bond donors (Lipinski definition) is 0. The number of benzene rings is 2. The summed E-state index contributed by atoms with van der Waals surface area (Å²) >= 11 is 17.8. The molecule has 2 rings (SSSR count). The third-order valence-corrected chi connectivity index (χ3v) is 3.03. The number of carbonyl (C=O) groups is 1. The highest BCUT2D eigenvalue weighted by atomic mass is 35.5. The second kappa shape index (κ2) is 5.61. The molecule has 2 aromatic carbocycles. The highest BCUT2D eigenvalue weighted by molar-refractivity contribution is 6.35. The molecule has 0 aliphatic heterocycles. The van der Waals surface area contributed by atoms with Gasteiger partial charge < -0.3 is 4.74 Å². The summed E-state index contributed by atoms with van der Waals surface area (Å²) < 4.78 is 5.56. The number of carbonyl (C=O) groups excluding carboxylic acids is 1. The van der Waals surface area contributed by atoms with Crippen molar-refractivity contribution < 1.29 is 9.53 Å². The van der Waals surface area contributed by atoms with Crippen LogP contribution in [0.15, 0.2) is 36.4 Å². The minimum absolute atomic E-state index is 0.339. The van der Waals surface area contributed by atoms with Crippen LogP contribution in [0.25, 0.3) is 0 Å². The minimum Gasteiger partial charge on any atom is -0.454 e. The van der Waals surface area contributed by atoms with Crippen molar-refractivity contribution in [3.8, 4) is 11.5 Å². The quantitative estimate of drug-likeness (QED) is 0.724. The monoisotopic (exact) mass is 300 g/mol. The SMILES string of the molecule is O=Cc1ccc(Oc2ccc(Cl)cc2Cl)c(Cl)c1. The Morgan fingerprint density at radius 1 is 0.889 bits per heavy atom. The van der Waals surface area contributed by atoms with E-state index < -0.39 is 0 Å². The Bertz CT molecular complexity index is 597. The number of aldehydes is 1. The standard InChI is InChI=1S/C13H7Cl3O2/c14-9-2-4-13(11(16)6-9)18-12-3-1-8(7-17)5-10(12)15/h1-7H. The molecule has 0 N–H and O–H groups in total. The predicted octanol–water partition coefficient (Wildman–Crippen LogP) is 5.25. The Hall–Kier alpha value is -1.22. The molecule has 0 bridgehead atoms. The van der Waals surface area contributed by atoms with Crippen molar-refractivity contribution in [1.82, 2.24) is 0 Å². The van der Waals surface area contributed by atoms with Crippen LogP contribution < -0.4 is 4.74 Å². The first kappa shape index (κ1) is 13.2. The van der Waals surface area contributed by atoms with Gasteiger partial charge in [-0.2, -0.15) is 0 Å². The second-order valence-electron chi connectivity index (χ2n) is 3.48. The van der Waals surface area contributed by atoms with Crippen LogP contribution >= 0.6 is 34.8 Å². The van der Waals surface area contributed by atoms with E-state index in [1.807, 2.05) is 0 Å². The molecular formula is C13H7Cl3O2. The van der Waals surface area contributed by atoms with Crippen LogP contribution in [-0.4, -0.2) is 6.29 Å². The average molecular weight is 302 g/mol. The summed E-state index contributed by atoms with van der Waals surface area (Å²) in [5, 5.41) is 1.25. The molecule has 0 radical (unpaired) electrons. The summed E-state index contributed by atoms with van der Waals surface area (Å²) in [5.74, 6) is 0.869. The van der Waals surface area contributed by atoms with Crippen molar-refractivity contribution >= 4 is 41.1 Å². The molecule has 18 heavy (non-hydrogen) atoms. The smallest absolute Gasteiger partial charge is 0.150 e. The maximum atomic E-state index is 10.6. The van der Waals surface area contributed by atoms with E-state index in [9.17, 15) is 4.79 Å². The van der Waals surface area contributed by atoms with Gasteiger partial charge in [-0.15, -0.1) is 0 Å². The van der Waals surface area contributed by atoms with E-state index >= 15 is 0 Å². The maximum absolute atomic E-state index is 10.6.